The Morgan fingerprint density at radius 2 is 0.681 bits per heavy atom. The zero-order chi connectivity index (χ0) is 34.1. The summed E-state index contributed by atoms with van der Waals surface area (Å²) in [6.45, 7) is 21.2. The van der Waals surface area contributed by atoms with Crippen molar-refractivity contribution in [1.29, 1.82) is 0 Å². The van der Waals surface area contributed by atoms with Crippen molar-refractivity contribution in [2.24, 2.45) is 0 Å². The third-order valence-corrected chi connectivity index (χ3v) is 10.8. The van der Waals surface area contributed by atoms with Gasteiger partial charge < -0.3 is 18.5 Å². The fourth-order valence-corrected chi connectivity index (χ4v) is 9.33. The van der Waals surface area contributed by atoms with Crippen LogP contribution in [0.15, 0.2) is 72.8 Å². The molecule has 0 aliphatic carbocycles. The number of aryl methyl sites for hydroxylation is 8. The summed E-state index contributed by atoms with van der Waals surface area (Å²) >= 11 is 0. The lowest BCUT2D eigenvalue weighted by atomic mass is 9.70. The lowest BCUT2D eigenvalue weighted by Crippen LogP contribution is -2.53. The number of hydrogen-bond acceptors (Lipinski definition) is 5. The molecule has 6 rings (SSSR count). The van der Waals surface area contributed by atoms with Crippen LogP contribution in [0, 0.1) is 55.4 Å². The Labute approximate surface area is 283 Å². The first-order valence-electron chi connectivity index (χ1n) is 16.6. The number of nitrogens with zero attached hydrogens (tertiary/aromatic N) is 1. The lowest BCUT2D eigenvalue weighted by Gasteiger charge is -2.42. The molecule has 2 fully saturated rings. The molecule has 2 aliphatic heterocycles. The Morgan fingerprint density at radius 1 is 0.447 bits per heavy atom. The maximum Gasteiger partial charge on any atom is 0.260 e. The third kappa shape index (κ3) is 6.12. The van der Waals surface area contributed by atoms with Gasteiger partial charge in [-0.2, -0.15) is 0 Å². The maximum atomic E-state index is 7.64. The van der Waals surface area contributed by atoms with Crippen LogP contribution < -0.4 is 0 Å². The fraction of sp³-hybridized carbons (Fsp3) is 0.415. The molecule has 47 heavy (non-hydrogen) atoms. The Balaban J connectivity index is 1.80. The van der Waals surface area contributed by atoms with Crippen LogP contribution in [0.3, 0.4) is 0 Å². The number of benzene rings is 4. The van der Waals surface area contributed by atoms with E-state index in [0.717, 1.165) is 66.8 Å². The van der Waals surface area contributed by atoms with Crippen molar-refractivity contribution in [3.05, 3.63) is 140 Å². The molecule has 0 bridgehead atoms. The molecule has 0 amide bonds. The number of ether oxygens (including phenoxy) is 2. The molecule has 0 aromatic heterocycles. The van der Waals surface area contributed by atoms with Gasteiger partial charge in [0.15, 0.2) is 17.0 Å². The third-order valence-electron chi connectivity index (χ3n) is 9.27. The molecule has 2 unspecified atom stereocenters. The molecule has 0 spiro atoms. The predicted octanol–water partition coefficient (Wildman–Crippen LogP) is 9.70. The smallest absolute Gasteiger partial charge is 0.260 e. The van der Waals surface area contributed by atoms with Gasteiger partial charge >= 0.3 is 0 Å². The van der Waals surface area contributed by atoms with Crippen LogP contribution in [0.25, 0.3) is 0 Å². The zero-order valence-corrected chi connectivity index (χ0v) is 31.0. The quantitative estimate of drug-likeness (QED) is 0.201. The van der Waals surface area contributed by atoms with Crippen molar-refractivity contribution in [2.45, 2.75) is 98.4 Å². The number of hydrogen-bond donors (Lipinski definition) is 0. The normalized spacial score (nSPS) is 23.0. The highest BCUT2D eigenvalue weighted by Crippen LogP contribution is 2.65. The summed E-state index contributed by atoms with van der Waals surface area (Å²) in [4.78, 5) is 0. The van der Waals surface area contributed by atoms with Gasteiger partial charge in [-0.1, -0.05) is 117 Å². The van der Waals surface area contributed by atoms with E-state index in [-0.39, 0.29) is 0 Å². The molecule has 2 aliphatic rings. The van der Waals surface area contributed by atoms with E-state index >= 15 is 0 Å². The monoisotopic (exact) mass is 651 g/mol. The molecule has 248 valence electrons. The number of rotatable bonds is 5. The predicted molar refractivity (Wildman–Crippen MR) is 192 cm³/mol. The summed E-state index contributed by atoms with van der Waals surface area (Å²) in [5.41, 5.74) is 11.3. The van der Waals surface area contributed by atoms with Crippen molar-refractivity contribution in [3.63, 3.8) is 0 Å². The molecular weight excluding hydrogens is 601 g/mol. The molecule has 5 nitrogen and oxygen atoms in total. The Hall–Kier alpha value is -2.89. The molecule has 0 N–H and O–H groups in total. The first-order chi connectivity index (χ1) is 22.0. The summed E-state index contributed by atoms with van der Waals surface area (Å²) in [6.07, 6.45) is -1.18. The van der Waals surface area contributed by atoms with E-state index in [0.29, 0.717) is 0 Å². The van der Waals surface area contributed by atoms with Crippen LogP contribution in [0.2, 0.25) is 0 Å². The van der Waals surface area contributed by atoms with E-state index in [2.05, 4.69) is 133 Å². The molecular formula is C41H50NO4P. The molecule has 4 aromatic rings. The van der Waals surface area contributed by atoms with Gasteiger partial charge in [-0.25, -0.2) is 4.67 Å². The second-order valence-electron chi connectivity index (χ2n) is 14.7. The SMILES string of the molecule is Cc1cc(C)cc(C2(c3cc(C)cc(C)c3)OP(N(C)C)OC(c3cc(C)cc(C)c3)(c3cc(C)cc(C)c3)[C@@H]3OC(C)(C)OC32)c1. The van der Waals surface area contributed by atoms with E-state index in [1.807, 2.05) is 27.9 Å². The standard InChI is InChI=1S/C41H50NO4P/c1-25-13-26(2)18-33(17-25)40(34-19-27(3)14-28(4)20-34)37-38(44-39(9,10)43-37)41(46-47(45-40)42(11)12,35-21-29(5)15-30(6)22-35)36-23-31(7)16-32(8)24-36/h13-24,37-38H,1-12H3/t37-,38?,47?/m1/s1. The van der Waals surface area contributed by atoms with Crippen molar-refractivity contribution in [2.75, 3.05) is 14.1 Å². The molecule has 0 saturated carbocycles. The topological polar surface area (TPSA) is 40.2 Å². The van der Waals surface area contributed by atoms with Crippen LogP contribution in [0.5, 0.6) is 0 Å². The highest BCUT2D eigenvalue weighted by Gasteiger charge is 2.67. The van der Waals surface area contributed by atoms with Crippen LogP contribution >= 0.6 is 8.53 Å². The van der Waals surface area contributed by atoms with Gasteiger partial charge in [-0.15, -0.1) is 0 Å². The van der Waals surface area contributed by atoms with Crippen LogP contribution in [-0.4, -0.2) is 36.8 Å². The van der Waals surface area contributed by atoms with E-state index < -0.39 is 37.7 Å². The van der Waals surface area contributed by atoms with Crippen molar-refractivity contribution >= 4 is 8.53 Å². The highest BCUT2D eigenvalue weighted by atomic mass is 31.2. The Kier molecular flexibility index (Phi) is 8.83. The van der Waals surface area contributed by atoms with E-state index in [4.69, 9.17) is 18.5 Å². The number of fused-ring (bicyclic) bond motifs is 1. The van der Waals surface area contributed by atoms with Crippen LogP contribution in [-0.2, 0) is 29.7 Å². The minimum absolute atomic E-state index is 0.589. The van der Waals surface area contributed by atoms with E-state index in [1.165, 1.54) is 0 Å². The second kappa shape index (κ2) is 12.2. The van der Waals surface area contributed by atoms with Crippen LogP contribution in [0.4, 0.5) is 0 Å². The van der Waals surface area contributed by atoms with Gasteiger partial charge in [0.05, 0.1) is 0 Å². The minimum Gasteiger partial charge on any atom is -0.341 e. The first kappa shape index (κ1) is 34.0. The van der Waals surface area contributed by atoms with Crippen molar-refractivity contribution in [3.8, 4) is 0 Å². The summed E-state index contributed by atoms with van der Waals surface area (Å²) < 4.78 is 31.8. The van der Waals surface area contributed by atoms with Gasteiger partial charge in [0, 0.05) is 0 Å². The van der Waals surface area contributed by atoms with Crippen LogP contribution in [0.1, 0.15) is 80.6 Å². The minimum atomic E-state index is -1.69. The molecule has 2 heterocycles. The van der Waals surface area contributed by atoms with Gasteiger partial charge in [0.2, 0.25) is 0 Å². The zero-order valence-electron chi connectivity index (χ0n) is 30.1. The Bertz CT molecular complexity index is 1520. The fourth-order valence-electron chi connectivity index (χ4n) is 7.85. The maximum absolute atomic E-state index is 7.64. The van der Waals surface area contributed by atoms with Crippen molar-refractivity contribution in [1.82, 2.24) is 4.67 Å². The first-order valence-corrected chi connectivity index (χ1v) is 17.7. The lowest BCUT2D eigenvalue weighted by molar-refractivity contribution is -0.175. The summed E-state index contributed by atoms with van der Waals surface area (Å²) in [7, 11) is 2.40. The largest absolute Gasteiger partial charge is 0.341 e. The van der Waals surface area contributed by atoms with Gasteiger partial charge in [-0.05, 0) is 106 Å². The molecule has 6 heteroatoms. The van der Waals surface area contributed by atoms with Gasteiger partial charge in [0.25, 0.3) is 8.53 Å². The second-order valence-corrected chi connectivity index (χ2v) is 16.4. The van der Waals surface area contributed by atoms with E-state index in [1.54, 1.807) is 0 Å². The summed E-state index contributed by atoms with van der Waals surface area (Å²) in [5.74, 6) is -0.924. The average Bonchev–Trinajstić information content (AvgIpc) is 3.20. The van der Waals surface area contributed by atoms with Gasteiger partial charge in [-0.3, -0.25) is 0 Å². The van der Waals surface area contributed by atoms with Gasteiger partial charge in [0.1, 0.15) is 12.2 Å². The summed E-state index contributed by atoms with van der Waals surface area (Å²) in [6, 6.07) is 26.8. The molecule has 4 aromatic carbocycles. The summed E-state index contributed by atoms with van der Waals surface area (Å²) in [5, 5.41) is 0. The molecule has 2 saturated heterocycles. The van der Waals surface area contributed by atoms with E-state index in [9.17, 15) is 0 Å². The van der Waals surface area contributed by atoms with Crippen molar-refractivity contribution < 1.29 is 18.5 Å². The molecule has 0 radical (unpaired) electrons. The Morgan fingerprint density at radius 3 is 0.894 bits per heavy atom. The average molecular weight is 652 g/mol. The highest BCUT2D eigenvalue weighted by molar-refractivity contribution is 7.44. The molecule has 3 atom stereocenters.